The van der Waals surface area contributed by atoms with E-state index in [1.165, 1.54) is 6.08 Å². The highest BCUT2D eigenvalue weighted by atomic mass is 16.8. The molecule has 2 amide bonds. The van der Waals surface area contributed by atoms with Crippen LogP contribution in [0.3, 0.4) is 0 Å². The van der Waals surface area contributed by atoms with Crippen LogP contribution in [-0.2, 0) is 19.1 Å². The van der Waals surface area contributed by atoms with Gasteiger partial charge in [0.1, 0.15) is 5.60 Å². The third kappa shape index (κ3) is 7.82. The van der Waals surface area contributed by atoms with E-state index in [9.17, 15) is 9.59 Å². The highest BCUT2D eigenvalue weighted by molar-refractivity contribution is 5.91. The van der Waals surface area contributed by atoms with E-state index in [-0.39, 0.29) is 18.3 Å². The lowest BCUT2D eigenvalue weighted by molar-refractivity contribution is -0.198. The average molecular weight is 522 g/mol. The maximum Gasteiger partial charge on any atom is 0.410 e. The van der Waals surface area contributed by atoms with Crippen LogP contribution in [0.25, 0.3) is 17.2 Å². The van der Waals surface area contributed by atoms with Crippen molar-refractivity contribution in [2.75, 3.05) is 37.7 Å². The quantitative estimate of drug-likeness (QED) is 0.410. The maximum absolute atomic E-state index is 12.3. The number of piperazine rings is 1. The van der Waals surface area contributed by atoms with Crippen molar-refractivity contribution in [2.24, 2.45) is 0 Å². The molecule has 2 aromatic rings. The molecule has 2 aliphatic rings. The van der Waals surface area contributed by atoms with E-state index >= 15 is 0 Å². The summed E-state index contributed by atoms with van der Waals surface area (Å²) in [4.78, 5) is 33.8. The molecular weight excluding hydrogens is 482 g/mol. The SMILES string of the molecule is Cc1cc(/C=C/C(=O)NOC2CCCCO2)ccc1-c1ccc(N2CCN(C(=O)OC(C)(C)C)CC2)cc1. The summed E-state index contributed by atoms with van der Waals surface area (Å²) in [6.45, 7) is 11.2. The van der Waals surface area contributed by atoms with Crippen molar-refractivity contribution in [1.82, 2.24) is 10.4 Å². The maximum atomic E-state index is 12.3. The summed E-state index contributed by atoms with van der Waals surface area (Å²) >= 11 is 0. The van der Waals surface area contributed by atoms with Gasteiger partial charge in [-0.25, -0.2) is 15.1 Å². The summed E-state index contributed by atoms with van der Waals surface area (Å²) < 4.78 is 10.9. The van der Waals surface area contributed by atoms with Gasteiger partial charge in [-0.3, -0.25) is 4.79 Å². The highest BCUT2D eigenvalue weighted by Gasteiger charge is 2.26. The molecule has 8 nitrogen and oxygen atoms in total. The van der Waals surface area contributed by atoms with Gasteiger partial charge in [0, 0.05) is 51.0 Å². The third-order valence-corrected chi connectivity index (χ3v) is 6.58. The number of hydrogen-bond donors (Lipinski definition) is 1. The highest BCUT2D eigenvalue weighted by Crippen LogP contribution is 2.28. The molecule has 0 radical (unpaired) electrons. The second kappa shape index (κ2) is 12.5. The molecule has 2 aliphatic heterocycles. The van der Waals surface area contributed by atoms with Gasteiger partial charge in [-0.1, -0.05) is 30.3 Å². The number of nitrogens with one attached hydrogen (secondary N) is 1. The molecule has 0 spiro atoms. The Hall–Kier alpha value is -3.36. The molecule has 2 saturated heterocycles. The lowest BCUT2D eigenvalue weighted by atomic mass is 9.98. The zero-order valence-electron chi connectivity index (χ0n) is 22.9. The molecule has 0 aromatic heterocycles. The Kier molecular flexibility index (Phi) is 9.07. The molecule has 0 saturated carbocycles. The first kappa shape index (κ1) is 27.7. The minimum absolute atomic E-state index is 0.246. The summed E-state index contributed by atoms with van der Waals surface area (Å²) in [6, 6.07) is 14.7. The van der Waals surface area contributed by atoms with Crippen LogP contribution in [0.5, 0.6) is 0 Å². The first-order valence-corrected chi connectivity index (χ1v) is 13.4. The van der Waals surface area contributed by atoms with Crippen LogP contribution in [0, 0.1) is 6.92 Å². The number of nitrogens with zero attached hydrogens (tertiary/aromatic N) is 2. The van der Waals surface area contributed by atoms with E-state index in [1.807, 2.05) is 26.8 Å². The first-order valence-electron chi connectivity index (χ1n) is 13.4. The monoisotopic (exact) mass is 521 g/mol. The Bertz CT molecular complexity index is 1130. The van der Waals surface area contributed by atoms with Crippen LogP contribution in [0.15, 0.2) is 48.5 Å². The van der Waals surface area contributed by atoms with Gasteiger partial charge in [0.05, 0.1) is 0 Å². The number of amides is 2. The van der Waals surface area contributed by atoms with E-state index in [2.05, 4.69) is 53.7 Å². The van der Waals surface area contributed by atoms with Crippen molar-refractivity contribution >= 4 is 23.8 Å². The molecule has 1 atom stereocenters. The lowest BCUT2D eigenvalue weighted by Crippen LogP contribution is -2.50. The molecule has 38 heavy (non-hydrogen) atoms. The van der Waals surface area contributed by atoms with Gasteiger partial charge in [-0.05, 0) is 81.0 Å². The molecule has 0 bridgehead atoms. The fraction of sp³-hybridized carbons (Fsp3) is 0.467. The minimum atomic E-state index is -0.482. The normalized spacial score (nSPS) is 18.5. The molecule has 2 heterocycles. The minimum Gasteiger partial charge on any atom is -0.444 e. The van der Waals surface area contributed by atoms with Crippen molar-refractivity contribution < 1.29 is 23.9 Å². The van der Waals surface area contributed by atoms with Crippen LogP contribution in [0.2, 0.25) is 0 Å². The smallest absolute Gasteiger partial charge is 0.410 e. The fourth-order valence-corrected chi connectivity index (χ4v) is 4.57. The summed E-state index contributed by atoms with van der Waals surface area (Å²) in [6.07, 6.45) is 5.49. The van der Waals surface area contributed by atoms with Crippen LogP contribution >= 0.6 is 0 Å². The number of anilines is 1. The fourth-order valence-electron chi connectivity index (χ4n) is 4.57. The van der Waals surface area contributed by atoms with E-state index in [1.54, 1.807) is 11.0 Å². The lowest BCUT2D eigenvalue weighted by Gasteiger charge is -2.36. The van der Waals surface area contributed by atoms with Crippen molar-refractivity contribution in [3.8, 4) is 11.1 Å². The van der Waals surface area contributed by atoms with Gasteiger partial charge >= 0.3 is 6.09 Å². The van der Waals surface area contributed by atoms with E-state index in [0.717, 1.165) is 60.3 Å². The second-order valence-corrected chi connectivity index (χ2v) is 10.8. The van der Waals surface area contributed by atoms with Crippen LogP contribution in [0.4, 0.5) is 10.5 Å². The Morgan fingerprint density at radius 2 is 1.76 bits per heavy atom. The van der Waals surface area contributed by atoms with Crippen LogP contribution < -0.4 is 10.4 Å². The zero-order chi connectivity index (χ0) is 27.1. The molecule has 0 aliphatic carbocycles. The number of hydroxylamine groups is 1. The average Bonchev–Trinajstić information content (AvgIpc) is 2.91. The molecule has 2 fully saturated rings. The molecule has 2 aromatic carbocycles. The summed E-state index contributed by atoms with van der Waals surface area (Å²) in [7, 11) is 0. The number of rotatable bonds is 6. The van der Waals surface area contributed by atoms with Crippen molar-refractivity contribution in [2.45, 2.75) is 58.8 Å². The van der Waals surface area contributed by atoms with Crippen molar-refractivity contribution in [1.29, 1.82) is 0 Å². The Balaban J connectivity index is 1.30. The van der Waals surface area contributed by atoms with Gasteiger partial charge in [0.15, 0.2) is 6.29 Å². The number of carbonyl (C=O) groups excluding carboxylic acids is 2. The Morgan fingerprint density at radius 3 is 2.39 bits per heavy atom. The zero-order valence-corrected chi connectivity index (χ0v) is 22.9. The van der Waals surface area contributed by atoms with Crippen molar-refractivity contribution in [3.05, 3.63) is 59.7 Å². The largest absolute Gasteiger partial charge is 0.444 e. The van der Waals surface area contributed by atoms with E-state index in [4.69, 9.17) is 14.3 Å². The number of benzene rings is 2. The summed E-state index contributed by atoms with van der Waals surface area (Å²) in [5.41, 5.74) is 7.44. The first-order chi connectivity index (χ1) is 18.2. The predicted octanol–water partition coefficient (Wildman–Crippen LogP) is 5.31. The standard InChI is InChI=1S/C30H39N3O5/c1-22-21-23(9-15-27(34)31-38-28-7-5-6-20-36-28)8-14-26(22)24-10-12-25(13-11-24)32-16-18-33(19-17-32)29(35)37-30(2,3)4/h8-15,21,28H,5-7,16-20H2,1-4H3,(H,31,34)/b15-9+. The number of aryl methyl sites for hydroxylation is 1. The number of carbonyl (C=O) groups is 2. The summed E-state index contributed by atoms with van der Waals surface area (Å²) in [5.74, 6) is -0.316. The van der Waals surface area contributed by atoms with E-state index < -0.39 is 5.60 Å². The molecule has 1 unspecified atom stereocenters. The molecule has 204 valence electrons. The number of ether oxygens (including phenoxy) is 2. The van der Waals surface area contributed by atoms with Crippen molar-refractivity contribution in [3.63, 3.8) is 0 Å². The van der Waals surface area contributed by atoms with Gasteiger partial charge in [0.2, 0.25) is 0 Å². The number of hydrogen-bond acceptors (Lipinski definition) is 6. The predicted molar refractivity (Wildman–Crippen MR) is 148 cm³/mol. The van der Waals surface area contributed by atoms with E-state index in [0.29, 0.717) is 19.7 Å². The Labute approximate surface area is 225 Å². The molecular formula is C30H39N3O5. The van der Waals surface area contributed by atoms with Gasteiger partial charge in [0.25, 0.3) is 5.91 Å². The molecule has 8 heteroatoms. The van der Waals surface area contributed by atoms with Crippen LogP contribution in [-0.4, -0.2) is 61.6 Å². The molecule has 4 rings (SSSR count). The molecule has 1 N–H and O–H groups in total. The van der Waals surface area contributed by atoms with Gasteiger partial charge in [-0.2, -0.15) is 0 Å². The van der Waals surface area contributed by atoms with Crippen LogP contribution in [0.1, 0.15) is 51.2 Å². The Morgan fingerprint density at radius 1 is 1.03 bits per heavy atom. The second-order valence-electron chi connectivity index (χ2n) is 10.8. The third-order valence-electron chi connectivity index (χ3n) is 6.58. The van der Waals surface area contributed by atoms with Gasteiger partial charge in [-0.15, -0.1) is 0 Å². The topological polar surface area (TPSA) is 80.3 Å². The summed E-state index contributed by atoms with van der Waals surface area (Å²) in [5, 5.41) is 0. The van der Waals surface area contributed by atoms with Gasteiger partial charge < -0.3 is 19.3 Å².